The average molecular weight is 481 g/mol. The molecule has 146 valence electrons. The van der Waals surface area contributed by atoms with E-state index < -0.39 is 0 Å². The highest BCUT2D eigenvalue weighted by Gasteiger charge is 2.12. The van der Waals surface area contributed by atoms with Gasteiger partial charge in [-0.05, 0) is 31.2 Å². The van der Waals surface area contributed by atoms with Crippen LogP contribution in [0.3, 0.4) is 0 Å². The quantitative estimate of drug-likeness (QED) is 0.518. The molecule has 0 bridgehead atoms. The van der Waals surface area contributed by atoms with E-state index >= 15 is 0 Å². The molecule has 0 saturated heterocycles. The fourth-order valence-corrected chi connectivity index (χ4v) is 4.45. The van der Waals surface area contributed by atoms with Crippen LogP contribution < -0.4 is 15.5 Å². The van der Waals surface area contributed by atoms with Crippen molar-refractivity contribution < 1.29 is 9.53 Å². The van der Waals surface area contributed by atoms with Crippen LogP contribution in [0.1, 0.15) is 10.7 Å². The van der Waals surface area contributed by atoms with Crippen LogP contribution in [0, 0.1) is 6.92 Å². The molecule has 0 aliphatic heterocycles. The summed E-state index contributed by atoms with van der Waals surface area (Å²) in [5.74, 6) is 0.474. The summed E-state index contributed by atoms with van der Waals surface area (Å²) in [6.07, 6.45) is 1.56. The van der Waals surface area contributed by atoms with Gasteiger partial charge in [0.25, 0.3) is 0 Å². The Morgan fingerprint density at radius 3 is 2.71 bits per heavy atom. The zero-order chi connectivity index (χ0) is 20.1. The summed E-state index contributed by atoms with van der Waals surface area (Å²) in [7, 11) is 1.43. The van der Waals surface area contributed by atoms with Crippen molar-refractivity contribution in [3.8, 4) is 5.75 Å². The molecule has 0 spiro atoms. The van der Waals surface area contributed by atoms with E-state index in [-0.39, 0.29) is 23.6 Å². The van der Waals surface area contributed by atoms with Gasteiger partial charge in [-0.15, -0.1) is 10.2 Å². The zero-order valence-electron chi connectivity index (χ0n) is 15.1. The predicted octanol–water partition coefficient (Wildman–Crippen LogP) is 3.71. The zero-order valence-corrected chi connectivity index (χ0v) is 18.4. The number of aromatic nitrogens is 3. The first-order valence-corrected chi connectivity index (χ1v) is 10.8. The van der Waals surface area contributed by atoms with Crippen molar-refractivity contribution in [3.63, 3.8) is 0 Å². The number of methoxy groups -OCH3 is 1. The molecule has 0 aliphatic carbocycles. The van der Waals surface area contributed by atoms with Gasteiger partial charge in [0.2, 0.25) is 11.3 Å². The van der Waals surface area contributed by atoms with Crippen molar-refractivity contribution in [2.45, 2.75) is 23.6 Å². The predicted molar refractivity (Wildman–Crippen MR) is 114 cm³/mol. The lowest BCUT2D eigenvalue weighted by atomic mass is 10.3. The number of thioether (sulfide) groups is 1. The second-order valence-corrected chi connectivity index (χ2v) is 9.08. The number of hydrogen-bond donors (Lipinski definition) is 1. The second-order valence-electron chi connectivity index (χ2n) is 5.76. The highest BCUT2D eigenvalue weighted by atomic mass is 79.9. The Balaban J connectivity index is 1.77. The van der Waals surface area contributed by atoms with Crippen LogP contribution in [0.25, 0.3) is 0 Å². The number of carbonyl (C=O) groups excluding carboxylic acids is 1. The van der Waals surface area contributed by atoms with Gasteiger partial charge in [-0.25, -0.2) is 0 Å². The van der Waals surface area contributed by atoms with Crippen molar-refractivity contribution in [3.05, 3.63) is 61.9 Å². The average Bonchev–Trinajstić information content (AvgIpc) is 3.08. The third-order valence-electron chi connectivity index (χ3n) is 3.70. The van der Waals surface area contributed by atoms with Crippen molar-refractivity contribution >= 4 is 50.6 Å². The smallest absolute Gasteiger partial charge is 0.244 e. The summed E-state index contributed by atoms with van der Waals surface area (Å²) in [5, 5.41) is 11.8. The lowest BCUT2D eigenvalue weighted by Crippen LogP contribution is -2.22. The molecular formula is C18H17BrN4O3S2. The van der Waals surface area contributed by atoms with Crippen LogP contribution in [0.15, 0.2) is 50.1 Å². The standard InChI is InChI=1S/C18H17BrN4O3S2/c1-11-21-22-18(28-11)27-10-14-7-15(24)16(26-2)8-23(14)9-17(25)20-13-5-3-12(19)4-6-13/h3-8H,9-10H2,1-2H3,(H,20,25). The summed E-state index contributed by atoms with van der Waals surface area (Å²) in [4.78, 5) is 24.7. The number of aryl methyl sites for hydroxylation is 1. The molecule has 1 amide bonds. The highest BCUT2D eigenvalue weighted by molar-refractivity contribution is 9.10. The largest absolute Gasteiger partial charge is 0.491 e. The van der Waals surface area contributed by atoms with Gasteiger partial charge in [0.1, 0.15) is 11.6 Å². The molecular weight excluding hydrogens is 464 g/mol. The summed E-state index contributed by atoms with van der Waals surface area (Å²) < 4.78 is 8.58. The van der Waals surface area contributed by atoms with Crippen molar-refractivity contribution in [1.82, 2.24) is 14.8 Å². The fourth-order valence-electron chi connectivity index (χ4n) is 2.38. The first-order chi connectivity index (χ1) is 13.4. The van der Waals surface area contributed by atoms with Crippen LogP contribution in [0.2, 0.25) is 0 Å². The Morgan fingerprint density at radius 2 is 2.07 bits per heavy atom. The Kier molecular flexibility index (Phi) is 6.87. The molecule has 10 heteroatoms. The number of nitrogens with one attached hydrogen (secondary N) is 1. The first kappa shape index (κ1) is 20.6. The summed E-state index contributed by atoms with van der Waals surface area (Å²) in [6, 6.07) is 8.81. The molecule has 3 rings (SSSR count). The topological polar surface area (TPSA) is 86.1 Å². The van der Waals surface area contributed by atoms with E-state index in [0.29, 0.717) is 17.1 Å². The van der Waals surface area contributed by atoms with E-state index in [9.17, 15) is 9.59 Å². The lowest BCUT2D eigenvalue weighted by molar-refractivity contribution is -0.116. The summed E-state index contributed by atoms with van der Waals surface area (Å²) >= 11 is 6.32. The van der Waals surface area contributed by atoms with Crippen LogP contribution in [-0.2, 0) is 17.1 Å². The number of benzene rings is 1. The van der Waals surface area contributed by atoms with Gasteiger partial charge in [-0.1, -0.05) is 39.0 Å². The van der Waals surface area contributed by atoms with Crippen molar-refractivity contribution in [2.24, 2.45) is 0 Å². The Morgan fingerprint density at radius 1 is 1.32 bits per heavy atom. The minimum Gasteiger partial charge on any atom is -0.491 e. The van der Waals surface area contributed by atoms with Crippen LogP contribution in [-0.4, -0.2) is 27.8 Å². The SMILES string of the molecule is COc1cn(CC(=O)Nc2ccc(Br)cc2)c(CSc2nnc(C)s2)cc1=O. The Bertz CT molecular complexity index is 1030. The molecule has 28 heavy (non-hydrogen) atoms. The van der Waals surface area contributed by atoms with Gasteiger partial charge >= 0.3 is 0 Å². The maximum absolute atomic E-state index is 12.5. The minimum absolute atomic E-state index is 0.0533. The molecule has 0 aliphatic rings. The molecule has 0 radical (unpaired) electrons. The number of halogens is 1. The molecule has 2 heterocycles. The van der Waals surface area contributed by atoms with E-state index in [1.54, 1.807) is 10.8 Å². The maximum atomic E-state index is 12.5. The Hall–Kier alpha value is -2.17. The van der Waals surface area contributed by atoms with Crippen molar-refractivity contribution in [2.75, 3.05) is 12.4 Å². The van der Waals surface area contributed by atoms with E-state index in [1.807, 2.05) is 31.2 Å². The van der Waals surface area contributed by atoms with E-state index in [0.717, 1.165) is 13.8 Å². The molecule has 0 unspecified atom stereocenters. The monoisotopic (exact) mass is 480 g/mol. The van der Waals surface area contributed by atoms with Crippen LogP contribution in [0.4, 0.5) is 5.69 Å². The number of hydrogen-bond acceptors (Lipinski definition) is 7. The maximum Gasteiger partial charge on any atom is 0.244 e. The van der Waals surface area contributed by atoms with Crippen molar-refractivity contribution in [1.29, 1.82) is 0 Å². The van der Waals surface area contributed by atoms with E-state index in [2.05, 4.69) is 31.4 Å². The third kappa shape index (κ3) is 5.43. The summed E-state index contributed by atoms with van der Waals surface area (Å²) in [5.41, 5.74) is 1.17. The van der Waals surface area contributed by atoms with Gasteiger partial charge in [-0.2, -0.15) is 0 Å². The Labute approximate surface area is 178 Å². The number of ether oxygens (including phenoxy) is 1. The van der Waals surface area contributed by atoms with Gasteiger partial charge in [0.15, 0.2) is 10.1 Å². The van der Waals surface area contributed by atoms with Crippen LogP contribution in [0.5, 0.6) is 5.75 Å². The minimum atomic E-state index is -0.226. The number of nitrogens with zero attached hydrogens (tertiary/aromatic N) is 3. The number of anilines is 1. The second kappa shape index (κ2) is 9.35. The molecule has 7 nitrogen and oxygen atoms in total. The van der Waals surface area contributed by atoms with Gasteiger partial charge < -0.3 is 14.6 Å². The number of amides is 1. The van der Waals surface area contributed by atoms with Crippen LogP contribution >= 0.6 is 39.0 Å². The normalized spacial score (nSPS) is 10.7. The lowest BCUT2D eigenvalue weighted by Gasteiger charge is -2.14. The molecule has 0 fully saturated rings. The fraction of sp³-hybridized carbons (Fsp3) is 0.222. The molecule has 0 atom stereocenters. The number of pyridine rings is 1. The van der Waals surface area contributed by atoms with E-state index in [1.165, 1.54) is 36.3 Å². The molecule has 2 aromatic heterocycles. The number of rotatable bonds is 7. The molecule has 1 aromatic carbocycles. The van der Waals surface area contributed by atoms with Gasteiger partial charge in [0, 0.05) is 27.7 Å². The van der Waals surface area contributed by atoms with E-state index in [4.69, 9.17) is 4.74 Å². The highest BCUT2D eigenvalue weighted by Crippen LogP contribution is 2.25. The molecule has 1 N–H and O–H groups in total. The van der Waals surface area contributed by atoms with Gasteiger partial charge in [0.05, 0.1) is 13.3 Å². The van der Waals surface area contributed by atoms with Gasteiger partial charge in [-0.3, -0.25) is 9.59 Å². The number of carbonyl (C=O) groups is 1. The molecule has 0 saturated carbocycles. The first-order valence-electron chi connectivity index (χ1n) is 8.20. The molecule has 3 aromatic rings. The third-order valence-corrected chi connectivity index (χ3v) is 6.23. The summed E-state index contributed by atoms with van der Waals surface area (Å²) in [6.45, 7) is 1.94.